The SMILES string of the molecule is CNCCCCCCCN1CC[C@H](C(C(N)=O)(c2ccccc2)c2ccccc2)C1.O=S(=O)(O)c1cccc2c(S(=O)(=O)O)cccc12. The van der Waals surface area contributed by atoms with E-state index < -0.39 is 35.4 Å². The van der Waals surface area contributed by atoms with Crippen LogP contribution in [0.3, 0.4) is 0 Å². The third kappa shape index (κ3) is 8.87. The molecule has 0 bridgehead atoms. The van der Waals surface area contributed by atoms with Crippen LogP contribution >= 0.6 is 0 Å². The lowest BCUT2D eigenvalue weighted by molar-refractivity contribution is -0.123. The largest absolute Gasteiger partial charge is 0.369 e. The Morgan fingerprint density at radius 3 is 1.69 bits per heavy atom. The third-order valence-electron chi connectivity index (χ3n) is 9.03. The summed E-state index contributed by atoms with van der Waals surface area (Å²) < 4.78 is 62.7. The first-order valence-electron chi connectivity index (χ1n) is 16.1. The maximum Gasteiger partial charge on any atom is 0.295 e. The quantitative estimate of drug-likeness (QED) is 0.101. The average molecular weight is 696 g/mol. The number of nitrogens with two attached hydrogens (primary N) is 1. The molecule has 0 saturated carbocycles. The Labute approximate surface area is 283 Å². The van der Waals surface area contributed by atoms with Gasteiger partial charge in [-0.25, -0.2) is 0 Å². The summed E-state index contributed by atoms with van der Waals surface area (Å²) in [4.78, 5) is 14.8. The van der Waals surface area contributed by atoms with Crippen molar-refractivity contribution in [2.24, 2.45) is 11.7 Å². The van der Waals surface area contributed by atoms with Gasteiger partial charge in [-0.15, -0.1) is 0 Å². The summed E-state index contributed by atoms with van der Waals surface area (Å²) >= 11 is 0. The molecule has 0 spiro atoms. The third-order valence-corrected chi connectivity index (χ3v) is 10.9. The minimum Gasteiger partial charge on any atom is -0.369 e. The maximum atomic E-state index is 13.1. The van der Waals surface area contributed by atoms with E-state index in [4.69, 9.17) is 14.8 Å². The Balaban J connectivity index is 0.000000246. The lowest BCUT2D eigenvalue weighted by Gasteiger charge is -2.37. The summed E-state index contributed by atoms with van der Waals surface area (Å²) in [6.45, 7) is 4.19. The highest BCUT2D eigenvalue weighted by atomic mass is 32.2. The van der Waals surface area contributed by atoms with Crippen molar-refractivity contribution < 1.29 is 30.7 Å². The zero-order valence-electron chi connectivity index (χ0n) is 27.2. The molecule has 5 rings (SSSR count). The molecule has 0 radical (unpaired) electrons. The topological polar surface area (TPSA) is 167 Å². The van der Waals surface area contributed by atoms with Crippen LogP contribution in [0.2, 0.25) is 0 Å². The fraction of sp³-hybridized carbons (Fsp3) is 0.361. The minimum atomic E-state index is -4.47. The van der Waals surface area contributed by atoms with Crippen molar-refractivity contribution in [3.05, 3.63) is 108 Å². The van der Waals surface area contributed by atoms with Crippen LogP contribution in [0.1, 0.15) is 49.7 Å². The fourth-order valence-corrected chi connectivity index (χ4v) is 8.20. The highest BCUT2D eigenvalue weighted by molar-refractivity contribution is 7.86. The van der Waals surface area contributed by atoms with Gasteiger partial charge in [0.15, 0.2) is 0 Å². The number of benzene rings is 4. The van der Waals surface area contributed by atoms with E-state index in [9.17, 15) is 21.6 Å². The van der Waals surface area contributed by atoms with Gasteiger partial charge in [0.2, 0.25) is 5.91 Å². The highest BCUT2D eigenvalue weighted by Gasteiger charge is 2.49. The van der Waals surface area contributed by atoms with Crippen molar-refractivity contribution in [1.82, 2.24) is 10.2 Å². The predicted molar refractivity (Wildman–Crippen MR) is 188 cm³/mol. The average Bonchev–Trinajstić information content (AvgIpc) is 3.53. The molecule has 48 heavy (non-hydrogen) atoms. The number of primary amides is 1. The lowest BCUT2D eigenvalue weighted by Crippen LogP contribution is -2.49. The number of nitrogens with zero attached hydrogens (tertiary/aromatic N) is 1. The molecule has 1 aliphatic rings. The van der Waals surface area contributed by atoms with E-state index in [-0.39, 0.29) is 22.6 Å². The second-order valence-corrected chi connectivity index (χ2v) is 14.9. The number of hydrogen-bond acceptors (Lipinski definition) is 7. The van der Waals surface area contributed by atoms with Crippen LogP contribution in [0.15, 0.2) is 107 Å². The summed E-state index contributed by atoms with van der Waals surface area (Å²) in [5.74, 6) is -0.0493. The predicted octanol–water partition coefficient (Wildman–Crippen LogP) is 5.28. The monoisotopic (exact) mass is 695 g/mol. The van der Waals surface area contributed by atoms with Crippen molar-refractivity contribution in [3.63, 3.8) is 0 Å². The summed E-state index contributed by atoms with van der Waals surface area (Å²) in [6.07, 6.45) is 7.37. The zero-order chi connectivity index (χ0) is 34.8. The highest BCUT2D eigenvalue weighted by Crippen LogP contribution is 2.43. The molecular weight excluding hydrogens is 651 g/mol. The second-order valence-electron chi connectivity index (χ2n) is 12.1. The van der Waals surface area contributed by atoms with Crippen LogP contribution in [0.4, 0.5) is 0 Å². The van der Waals surface area contributed by atoms with Gasteiger partial charge < -0.3 is 16.0 Å². The van der Waals surface area contributed by atoms with Crippen molar-refractivity contribution >= 4 is 36.9 Å². The van der Waals surface area contributed by atoms with Crippen molar-refractivity contribution in [1.29, 1.82) is 0 Å². The van der Waals surface area contributed by atoms with E-state index in [1.165, 1.54) is 56.4 Å². The van der Waals surface area contributed by atoms with Gasteiger partial charge in [0, 0.05) is 17.3 Å². The Bertz CT molecular complexity index is 1760. The second kappa shape index (κ2) is 16.6. The summed E-state index contributed by atoms with van der Waals surface area (Å²) in [5, 5.41) is 3.26. The van der Waals surface area contributed by atoms with Gasteiger partial charge in [0.1, 0.15) is 15.2 Å². The number of rotatable bonds is 14. The first kappa shape index (κ1) is 37.2. The van der Waals surface area contributed by atoms with E-state index in [2.05, 4.69) is 34.5 Å². The molecule has 1 aliphatic heterocycles. The number of hydrogen-bond donors (Lipinski definition) is 4. The van der Waals surface area contributed by atoms with Gasteiger partial charge >= 0.3 is 0 Å². The van der Waals surface area contributed by atoms with Crippen LogP contribution in [0, 0.1) is 5.92 Å². The zero-order valence-corrected chi connectivity index (χ0v) is 28.8. The summed E-state index contributed by atoms with van der Waals surface area (Å²) in [7, 11) is -6.92. The van der Waals surface area contributed by atoms with Gasteiger partial charge in [-0.2, -0.15) is 16.8 Å². The van der Waals surface area contributed by atoms with E-state index in [1.54, 1.807) is 0 Å². The lowest BCUT2D eigenvalue weighted by atomic mass is 9.64. The molecule has 1 heterocycles. The van der Waals surface area contributed by atoms with Gasteiger partial charge in [0.05, 0.1) is 0 Å². The van der Waals surface area contributed by atoms with Gasteiger partial charge in [-0.3, -0.25) is 13.9 Å². The minimum absolute atomic E-state index is 0.0233. The first-order chi connectivity index (χ1) is 22.9. The smallest absolute Gasteiger partial charge is 0.295 e. The standard InChI is InChI=1S/C26H37N3O.C10H8O6S2/c1-28-18-11-3-2-4-12-19-29-20-17-24(21-29)26(25(27)30,22-13-7-5-8-14-22)23-15-9-6-10-16-23;11-17(12,13)9-5-1-3-7-8(9)4-2-6-10(7)18(14,15)16/h5-10,13-16,24,28H,2-4,11-12,17-21H2,1H3,(H2,27,30);1-6H,(H,11,12,13)(H,14,15,16)/t24-;/m0./s1. The first-order valence-corrected chi connectivity index (χ1v) is 19.0. The number of nitrogens with one attached hydrogen (secondary N) is 1. The molecule has 10 nitrogen and oxygen atoms in total. The Hall–Kier alpha value is -3.65. The van der Waals surface area contributed by atoms with Gasteiger partial charge in [0.25, 0.3) is 20.2 Å². The Morgan fingerprint density at radius 2 is 1.23 bits per heavy atom. The van der Waals surface area contributed by atoms with Crippen LogP contribution in [-0.4, -0.2) is 70.0 Å². The van der Waals surface area contributed by atoms with E-state index in [0.29, 0.717) is 0 Å². The van der Waals surface area contributed by atoms with E-state index >= 15 is 0 Å². The Kier molecular flexibility index (Phi) is 12.9. The molecule has 1 fully saturated rings. The van der Waals surface area contributed by atoms with Crippen LogP contribution < -0.4 is 11.1 Å². The van der Waals surface area contributed by atoms with Crippen molar-refractivity contribution in [3.8, 4) is 0 Å². The number of carbonyl (C=O) groups excluding carboxylic acids is 1. The number of unbranched alkanes of at least 4 members (excludes halogenated alkanes) is 4. The van der Waals surface area contributed by atoms with E-state index in [1.807, 2.05) is 43.4 Å². The van der Waals surface area contributed by atoms with Gasteiger partial charge in [-0.05, 0) is 75.1 Å². The molecule has 1 amide bonds. The molecule has 258 valence electrons. The number of amides is 1. The molecule has 1 saturated heterocycles. The van der Waals surface area contributed by atoms with E-state index in [0.717, 1.165) is 55.9 Å². The van der Waals surface area contributed by atoms with Gasteiger partial charge in [-0.1, -0.05) is 104 Å². The van der Waals surface area contributed by atoms with Crippen LogP contribution in [0.25, 0.3) is 10.8 Å². The molecular formula is C36H45N3O7S2. The molecule has 12 heteroatoms. The summed E-state index contributed by atoms with van der Waals surface area (Å²) in [6, 6.07) is 27.8. The number of fused-ring (bicyclic) bond motifs is 1. The molecule has 0 unspecified atom stereocenters. The van der Waals surface area contributed by atoms with Crippen molar-refractivity contribution in [2.75, 3.05) is 33.2 Å². The number of carbonyl (C=O) groups is 1. The Morgan fingerprint density at radius 1 is 0.750 bits per heavy atom. The summed E-state index contributed by atoms with van der Waals surface area (Å²) in [5.41, 5.74) is 7.43. The molecule has 4 aromatic carbocycles. The maximum absolute atomic E-state index is 13.1. The normalized spacial score (nSPS) is 15.6. The molecule has 5 N–H and O–H groups in total. The number of likely N-dealkylation sites (tertiary alicyclic amines) is 1. The van der Waals surface area contributed by atoms with Crippen LogP contribution in [-0.2, 0) is 30.4 Å². The molecule has 0 aliphatic carbocycles. The van der Waals surface area contributed by atoms with Crippen molar-refractivity contribution in [2.45, 2.75) is 53.7 Å². The van der Waals surface area contributed by atoms with Crippen LogP contribution in [0.5, 0.6) is 0 Å². The molecule has 4 aromatic rings. The fourth-order valence-electron chi connectivity index (χ4n) is 6.78. The molecule has 1 atom stereocenters. The molecule has 0 aromatic heterocycles.